The third-order valence-electron chi connectivity index (χ3n) is 6.20. The molecule has 2 heterocycles. The van der Waals surface area contributed by atoms with Crippen LogP contribution in [0.15, 0.2) is 41.8 Å². The summed E-state index contributed by atoms with van der Waals surface area (Å²) in [5.41, 5.74) is 1.08. The van der Waals surface area contributed by atoms with Gasteiger partial charge >= 0.3 is 0 Å². The molecule has 0 atom stereocenters. The maximum Gasteiger partial charge on any atom is 0.264 e. The molecule has 0 bridgehead atoms. The van der Waals surface area contributed by atoms with E-state index in [0.29, 0.717) is 33.6 Å². The second-order valence-electron chi connectivity index (χ2n) is 8.54. The normalized spacial score (nSPS) is 16.2. The maximum atomic E-state index is 11.1. The number of nitrogens with zero attached hydrogens (tertiary/aromatic N) is 4. The van der Waals surface area contributed by atoms with Crippen LogP contribution in [-0.2, 0) is 10.1 Å². The molecule has 1 aromatic carbocycles. The van der Waals surface area contributed by atoms with Crippen LogP contribution in [0.2, 0.25) is 0 Å². The maximum absolute atomic E-state index is 11.1. The third kappa shape index (κ3) is 9.31. The molecule has 1 N–H and O–H groups in total. The molecular weight excluding hydrogens is 512 g/mol. The van der Waals surface area contributed by atoms with Gasteiger partial charge in [0, 0.05) is 31.8 Å². The second kappa shape index (κ2) is 14.9. The third-order valence-corrected chi connectivity index (χ3v) is 7.48. The van der Waals surface area contributed by atoms with E-state index in [4.69, 9.17) is 26.2 Å². The van der Waals surface area contributed by atoms with E-state index >= 15 is 0 Å². The molecule has 37 heavy (non-hydrogen) atoms. The minimum absolute atomic E-state index is 0.192. The zero-order valence-corrected chi connectivity index (χ0v) is 23.8. The molecule has 204 valence electrons. The lowest BCUT2D eigenvalue weighted by Gasteiger charge is -2.19. The summed E-state index contributed by atoms with van der Waals surface area (Å²) in [7, 11) is -2.51. The molecule has 0 aromatic heterocycles. The highest BCUT2D eigenvalue weighted by Gasteiger charge is 2.27. The fourth-order valence-electron chi connectivity index (χ4n) is 4.04. The molecule has 0 aliphatic carbocycles. The van der Waals surface area contributed by atoms with Crippen LogP contribution in [0.4, 0.5) is 5.69 Å². The quantitative estimate of drug-likeness (QED) is 0.197. The average molecular weight is 551 g/mol. The Morgan fingerprint density at radius 2 is 1.89 bits per heavy atom. The molecule has 0 radical (unpaired) electrons. The number of nitriles is 1. The van der Waals surface area contributed by atoms with Crippen molar-refractivity contribution in [3.8, 4) is 17.6 Å². The topological polar surface area (TPSA) is 106 Å². The van der Waals surface area contributed by atoms with Crippen LogP contribution in [0.25, 0.3) is 0 Å². The summed E-state index contributed by atoms with van der Waals surface area (Å²) in [4.78, 5) is 6.69. The van der Waals surface area contributed by atoms with Crippen molar-refractivity contribution in [3.63, 3.8) is 0 Å². The first-order valence-electron chi connectivity index (χ1n) is 12.6. The highest BCUT2D eigenvalue weighted by atomic mass is 32.2. The van der Waals surface area contributed by atoms with Gasteiger partial charge in [0.2, 0.25) is 5.88 Å². The lowest BCUT2D eigenvalue weighted by molar-refractivity contribution is 0.321. The molecule has 1 fully saturated rings. The van der Waals surface area contributed by atoms with Gasteiger partial charge in [-0.25, -0.2) is 0 Å². The Hall–Kier alpha value is -2.65. The van der Waals surface area contributed by atoms with Crippen molar-refractivity contribution in [2.24, 2.45) is 0 Å². The van der Waals surface area contributed by atoms with Crippen LogP contribution in [0.1, 0.15) is 40.0 Å². The number of rotatable bonds is 10. The van der Waals surface area contributed by atoms with E-state index in [-0.39, 0.29) is 18.7 Å². The van der Waals surface area contributed by atoms with Crippen LogP contribution in [0, 0.1) is 11.3 Å². The summed E-state index contributed by atoms with van der Waals surface area (Å²) in [6.07, 6.45) is 5.58. The number of benzene rings is 1. The van der Waals surface area contributed by atoms with Gasteiger partial charge in [0.1, 0.15) is 16.8 Å². The molecule has 2 aliphatic rings. The Bertz CT molecular complexity index is 1110. The van der Waals surface area contributed by atoms with Gasteiger partial charge in [-0.15, -0.1) is 0 Å². The molecule has 0 saturated carbocycles. The number of likely N-dealkylation sites (tertiary alicyclic amines) is 1. The molecular formula is C26H38N4O5S2. The van der Waals surface area contributed by atoms with Gasteiger partial charge in [0.15, 0.2) is 5.75 Å². The molecule has 0 unspecified atom stereocenters. The largest absolute Gasteiger partial charge is 0.497 e. The molecule has 1 saturated heterocycles. The number of fused-ring (bicyclic) bond motifs is 1. The SMILES string of the molecule is CCN(CC)CC.COc1ccc2c(c1)N(CCCS(=O)(=O)O)/C(=C/C=C(\C#N)C(=S)N1CCCC1)O2. The van der Waals surface area contributed by atoms with Crippen molar-refractivity contribution in [3.05, 3.63) is 41.8 Å². The number of thiocarbonyl (C=S) groups is 1. The highest BCUT2D eigenvalue weighted by molar-refractivity contribution is 7.85. The summed E-state index contributed by atoms with van der Waals surface area (Å²) in [6, 6.07) is 7.45. The molecule has 2 aliphatic heterocycles. The van der Waals surface area contributed by atoms with Gasteiger partial charge in [-0.2, -0.15) is 13.7 Å². The Balaban J connectivity index is 0.000000604. The van der Waals surface area contributed by atoms with Crippen molar-refractivity contribution in [1.29, 1.82) is 5.26 Å². The Morgan fingerprint density at radius 3 is 2.41 bits per heavy atom. The van der Waals surface area contributed by atoms with E-state index in [1.54, 1.807) is 42.4 Å². The molecule has 0 amide bonds. The van der Waals surface area contributed by atoms with Crippen molar-refractivity contribution >= 4 is 33.0 Å². The summed E-state index contributed by atoms with van der Waals surface area (Å²) in [5, 5.41) is 9.54. The first-order valence-corrected chi connectivity index (χ1v) is 14.6. The van der Waals surface area contributed by atoms with Crippen LogP contribution < -0.4 is 14.4 Å². The van der Waals surface area contributed by atoms with E-state index in [9.17, 15) is 13.7 Å². The first kappa shape index (κ1) is 30.6. The molecule has 9 nitrogen and oxygen atoms in total. The van der Waals surface area contributed by atoms with E-state index in [1.807, 2.05) is 4.90 Å². The standard InChI is InChI=1S/C20H23N3O5S2.C6H15N/c1-27-16-6-7-18-17(13-16)23(11-4-12-30(24,25)26)19(28-18)8-5-15(14-21)20(29)22-9-2-3-10-22;1-4-7(5-2)6-3/h5-8,13H,2-4,9-12H2,1H3,(H,24,25,26);4-6H2,1-3H3/b15-5+,19-8-;. The number of anilines is 1. The zero-order valence-electron chi connectivity index (χ0n) is 22.1. The Morgan fingerprint density at radius 1 is 1.24 bits per heavy atom. The van der Waals surface area contributed by atoms with E-state index in [0.717, 1.165) is 25.9 Å². The molecule has 3 rings (SSSR count). The van der Waals surface area contributed by atoms with E-state index < -0.39 is 10.1 Å². The summed E-state index contributed by atoms with van der Waals surface area (Å²) in [6.45, 7) is 12.1. The van der Waals surface area contributed by atoms with E-state index in [1.165, 1.54) is 19.6 Å². The summed E-state index contributed by atoms with van der Waals surface area (Å²) >= 11 is 5.46. The number of allylic oxidation sites excluding steroid dienone is 2. The average Bonchev–Trinajstić information content (AvgIpc) is 3.53. The Kier molecular flexibility index (Phi) is 12.3. The van der Waals surface area contributed by atoms with Crippen LogP contribution in [0.5, 0.6) is 11.5 Å². The minimum atomic E-state index is -4.06. The molecule has 1 aromatic rings. The van der Waals surface area contributed by atoms with Crippen LogP contribution >= 0.6 is 12.2 Å². The predicted molar refractivity (Wildman–Crippen MR) is 151 cm³/mol. The minimum Gasteiger partial charge on any atom is -0.497 e. The smallest absolute Gasteiger partial charge is 0.264 e. The zero-order chi connectivity index (χ0) is 27.4. The number of methoxy groups -OCH3 is 1. The first-order chi connectivity index (χ1) is 17.7. The summed E-state index contributed by atoms with van der Waals surface area (Å²) in [5.74, 6) is 1.28. The number of hydrogen-bond donors (Lipinski definition) is 1. The van der Waals surface area contributed by atoms with Gasteiger partial charge in [-0.05, 0) is 57.1 Å². The van der Waals surface area contributed by atoms with E-state index in [2.05, 4.69) is 31.7 Å². The van der Waals surface area contributed by atoms with Crippen molar-refractivity contribution < 1.29 is 22.4 Å². The van der Waals surface area contributed by atoms with Gasteiger partial charge in [-0.1, -0.05) is 33.0 Å². The second-order valence-corrected chi connectivity index (χ2v) is 10.5. The number of ether oxygens (including phenoxy) is 2. The monoisotopic (exact) mass is 550 g/mol. The van der Waals surface area contributed by atoms with Crippen LogP contribution in [0.3, 0.4) is 0 Å². The number of hydrogen-bond acceptors (Lipinski definition) is 8. The fraction of sp³-hybridized carbons (Fsp3) is 0.538. The van der Waals surface area contributed by atoms with Gasteiger partial charge in [0.25, 0.3) is 10.1 Å². The van der Waals surface area contributed by atoms with Gasteiger partial charge < -0.3 is 24.2 Å². The predicted octanol–water partition coefficient (Wildman–Crippen LogP) is 4.23. The van der Waals surface area contributed by atoms with Gasteiger partial charge in [0.05, 0.1) is 24.1 Å². The van der Waals surface area contributed by atoms with Gasteiger partial charge in [-0.3, -0.25) is 4.55 Å². The lowest BCUT2D eigenvalue weighted by atomic mass is 10.2. The van der Waals surface area contributed by atoms with Crippen molar-refractivity contribution in [1.82, 2.24) is 9.80 Å². The van der Waals surface area contributed by atoms with Crippen LogP contribution in [-0.4, -0.2) is 79.9 Å². The highest BCUT2D eigenvalue weighted by Crippen LogP contribution is 2.41. The summed E-state index contributed by atoms with van der Waals surface area (Å²) < 4.78 is 42.4. The molecule has 11 heteroatoms. The molecule has 0 spiro atoms. The van der Waals surface area contributed by atoms with Crippen molar-refractivity contribution in [2.45, 2.75) is 40.0 Å². The lowest BCUT2D eigenvalue weighted by Crippen LogP contribution is -2.27. The Labute approximate surface area is 226 Å². The fourth-order valence-corrected chi connectivity index (χ4v) is 4.83. The van der Waals surface area contributed by atoms with Crippen molar-refractivity contribution in [2.75, 3.05) is 57.0 Å².